The molecule has 26 aromatic carbocycles. The zero-order valence-electron chi connectivity index (χ0n) is 78.5. The van der Waals surface area contributed by atoms with E-state index >= 15 is 0 Å². The van der Waals surface area contributed by atoms with Gasteiger partial charge in [-0.25, -0.2) is 0 Å². The SMILES string of the molecule is CC1(C)c2ccccc2-c2ccc(C3c4c(c5ccccc5c5ccccc45)Oc4c3c3ccccc3c3ccccc43)cc21.c1ccc(C2(c3ccccc3)c3ccccc3-c3ccc(C4c5c(c6ccccc6c6ccccc56)Oc5c4c4ccccc4c4ccccc54)cc32)cc1.c1ccc2c(c1)oc1c(C3c4c(c5ccccc5c5ccccc45)Oc4c3c3ccccc3c3ccccc43)cccc12. The highest BCUT2D eigenvalue weighted by Gasteiger charge is 2.49. The van der Waals surface area contributed by atoms with E-state index in [2.05, 4.69) is 487 Å². The van der Waals surface area contributed by atoms with Gasteiger partial charge < -0.3 is 18.6 Å². The number of ether oxygens (including phenoxy) is 3. The van der Waals surface area contributed by atoms with Gasteiger partial charge in [-0.2, -0.15) is 0 Å². The minimum Gasteiger partial charge on any atom is -0.456 e. The molecule has 0 saturated carbocycles. The van der Waals surface area contributed by atoms with Crippen LogP contribution in [0.4, 0.5) is 0 Å². The van der Waals surface area contributed by atoms with Crippen LogP contribution in [0.1, 0.15) is 115 Å². The fraction of sp³-hybridized carbons (Fsp3) is 0.0504. The van der Waals surface area contributed by atoms with Gasteiger partial charge in [-0.3, -0.25) is 0 Å². The van der Waals surface area contributed by atoms with Crippen LogP contribution in [0.2, 0.25) is 0 Å². The highest BCUT2D eigenvalue weighted by molar-refractivity contribution is 6.22. The van der Waals surface area contributed by atoms with E-state index in [1.165, 1.54) is 197 Å². The van der Waals surface area contributed by atoms with Crippen molar-refractivity contribution >= 4 is 151 Å². The van der Waals surface area contributed by atoms with E-state index in [1.807, 2.05) is 6.07 Å². The summed E-state index contributed by atoms with van der Waals surface area (Å²) in [5, 5.41) is 31.3. The van der Waals surface area contributed by atoms with Gasteiger partial charge in [-0.1, -0.05) is 487 Å². The molecular weight excluding hydrogens is 1730 g/mol. The molecule has 2 aliphatic carbocycles. The molecule has 27 aromatic rings. The molecule has 0 saturated heterocycles. The summed E-state index contributed by atoms with van der Waals surface area (Å²) < 4.78 is 28.6. The van der Waals surface area contributed by atoms with Crippen LogP contribution in [-0.4, -0.2) is 0 Å². The Balaban J connectivity index is 0.000000101. The fourth-order valence-corrected chi connectivity index (χ4v) is 26.5. The van der Waals surface area contributed by atoms with Crippen LogP contribution in [0.5, 0.6) is 34.5 Å². The smallest absolute Gasteiger partial charge is 0.140 e. The van der Waals surface area contributed by atoms with Gasteiger partial charge in [0.1, 0.15) is 45.7 Å². The van der Waals surface area contributed by atoms with E-state index in [4.69, 9.17) is 18.6 Å². The summed E-state index contributed by atoms with van der Waals surface area (Å²) in [5.41, 5.74) is 25.5. The molecule has 0 amide bonds. The lowest BCUT2D eigenvalue weighted by atomic mass is 9.67. The summed E-state index contributed by atoms with van der Waals surface area (Å²) in [6, 6.07) is 175. The number of para-hydroxylation sites is 2. The van der Waals surface area contributed by atoms with Gasteiger partial charge in [-0.05, 0) is 170 Å². The Hall–Kier alpha value is -18.0. The molecular formula is C139H88O4. The van der Waals surface area contributed by atoms with E-state index < -0.39 is 5.41 Å². The van der Waals surface area contributed by atoms with Crippen LogP contribution in [0, 0.1) is 0 Å². The lowest BCUT2D eigenvalue weighted by Crippen LogP contribution is -2.28. The van der Waals surface area contributed by atoms with Gasteiger partial charge in [0.25, 0.3) is 0 Å². The standard InChI is InChI=1S/C54H34O.C44H30O.C41H24O2/c1-3-17-35(18-4-1)54(36-19-5-2-6-20-36)47-30-16-15-25-41(47)42-32-31-34(33-48(42)54)49-50-43-26-11-7-21-37(43)39-23-9-13-28-45(39)52(50)55-53-46-29-14-10-24-40(46)38-22-8-12-27-44(38)51(49)53;1-44(2)37-22-12-11-17-31(37)32-24-23-26(25-38(32)44)39-40-33-18-7-3-13-27(33)29-15-5-9-20-35(29)42(40)45-43-36-21-10-6-16-30(36)28-14-4-8-19-34(28)41(39)43;1-5-17-29-24(12-1)26-14-3-7-19-31(26)40-37(29)36(34-22-11-21-33-28-16-9-10-23-35(28)42-39(33)34)38-30-18-6-2-13-25(30)27-15-4-8-20-32(27)41(38)43-40/h1-33,49H;3-25,39H,1-2H3;1-23,36H. The lowest BCUT2D eigenvalue weighted by molar-refractivity contribution is 0.467. The maximum atomic E-state index is 7.39. The Morgan fingerprint density at radius 3 is 0.769 bits per heavy atom. The minimum absolute atomic E-state index is 0.0161. The molecule has 0 bridgehead atoms. The van der Waals surface area contributed by atoms with Gasteiger partial charge >= 0.3 is 0 Å². The maximum Gasteiger partial charge on any atom is 0.140 e. The predicted molar refractivity (Wildman–Crippen MR) is 593 cm³/mol. The molecule has 3 aliphatic heterocycles. The first-order valence-electron chi connectivity index (χ1n) is 49.9. The van der Waals surface area contributed by atoms with Crippen molar-refractivity contribution in [3.8, 4) is 56.8 Å². The second-order valence-electron chi connectivity index (χ2n) is 39.7. The summed E-state index contributed by atoms with van der Waals surface area (Å²) in [6.07, 6.45) is 0. The number of hydrogen-bond acceptors (Lipinski definition) is 4. The largest absolute Gasteiger partial charge is 0.456 e. The molecule has 1 aromatic heterocycles. The first-order valence-corrected chi connectivity index (χ1v) is 49.9. The van der Waals surface area contributed by atoms with Gasteiger partial charge in [0.2, 0.25) is 0 Å². The zero-order chi connectivity index (χ0) is 94.0. The van der Waals surface area contributed by atoms with Crippen LogP contribution in [-0.2, 0) is 10.8 Å². The monoisotopic (exact) mass is 1820 g/mol. The summed E-state index contributed by atoms with van der Waals surface area (Å²) in [6.45, 7) is 4.75. The molecule has 0 N–H and O–H groups in total. The van der Waals surface area contributed by atoms with Crippen LogP contribution in [0.25, 0.3) is 173 Å². The molecule has 4 nitrogen and oxygen atoms in total. The van der Waals surface area contributed by atoms with Crippen molar-refractivity contribution < 1.29 is 18.6 Å². The summed E-state index contributed by atoms with van der Waals surface area (Å²) >= 11 is 0. The second kappa shape index (κ2) is 31.3. The summed E-state index contributed by atoms with van der Waals surface area (Å²) in [7, 11) is 0. The average Bonchev–Trinajstić information content (AvgIpc) is 1.64. The van der Waals surface area contributed by atoms with Crippen molar-refractivity contribution in [1.82, 2.24) is 0 Å². The van der Waals surface area contributed by atoms with E-state index in [-0.39, 0.29) is 23.2 Å². The molecule has 0 unspecified atom stereocenters. The zero-order valence-corrected chi connectivity index (χ0v) is 78.5. The fourth-order valence-electron chi connectivity index (χ4n) is 26.5. The molecule has 4 heterocycles. The Kier molecular flexibility index (Phi) is 17.7. The number of hydrogen-bond donors (Lipinski definition) is 0. The van der Waals surface area contributed by atoms with Crippen LogP contribution in [0.15, 0.2) is 484 Å². The van der Waals surface area contributed by atoms with E-state index in [1.54, 1.807) is 0 Å². The van der Waals surface area contributed by atoms with E-state index in [0.29, 0.717) is 0 Å². The summed E-state index contributed by atoms with van der Waals surface area (Å²) in [4.78, 5) is 0. The molecule has 0 fully saturated rings. The number of rotatable bonds is 5. The maximum absolute atomic E-state index is 7.39. The van der Waals surface area contributed by atoms with Crippen molar-refractivity contribution in [3.63, 3.8) is 0 Å². The minimum atomic E-state index is -0.502. The third-order valence-corrected chi connectivity index (χ3v) is 32.4. The normalized spacial score (nSPS) is 14.0. The van der Waals surface area contributed by atoms with Gasteiger partial charge in [0.05, 0.1) is 5.41 Å². The number of fused-ring (bicyclic) bond motifs is 45. The molecule has 0 spiro atoms. The molecule has 0 radical (unpaired) electrons. The predicted octanol–water partition coefficient (Wildman–Crippen LogP) is 37.3. The molecule has 668 valence electrons. The third-order valence-electron chi connectivity index (χ3n) is 32.4. The van der Waals surface area contributed by atoms with Gasteiger partial charge in [0, 0.05) is 105 Å². The van der Waals surface area contributed by atoms with Crippen molar-refractivity contribution in [3.05, 3.63) is 563 Å². The number of benzene rings is 26. The van der Waals surface area contributed by atoms with Crippen LogP contribution in [0.3, 0.4) is 0 Å². The second-order valence-corrected chi connectivity index (χ2v) is 39.7. The Morgan fingerprint density at radius 1 is 0.175 bits per heavy atom. The van der Waals surface area contributed by atoms with Crippen LogP contribution >= 0.6 is 0 Å². The molecule has 143 heavy (non-hydrogen) atoms. The lowest BCUT2D eigenvalue weighted by Gasteiger charge is -2.36. The molecule has 0 atom stereocenters. The van der Waals surface area contributed by atoms with E-state index in [9.17, 15) is 0 Å². The first kappa shape index (κ1) is 81.1. The van der Waals surface area contributed by atoms with E-state index in [0.717, 1.165) is 94.3 Å². The Morgan fingerprint density at radius 2 is 0.420 bits per heavy atom. The summed E-state index contributed by atoms with van der Waals surface area (Å²) in [5.74, 6) is 5.48. The van der Waals surface area contributed by atoms with Gasteiger partial charge in [-0.15, -0.1) is 0 Å². The Labute approximate surface area is 825 Å². The molecule has 4 heteroatoms. The highest BCUT2D eigenvalue weighted by Crippen LogP contribution is 2.65. The van der Waals surface area contributed by atoms with Crippen molar-refractivity contribution in [2.75, 3.05) is 0 Å². The highest BCUT2D eigenvalue weighted by atomic mass is 16.5. The topological polar surface area (TPSA) is 40.8 Å². The molecule has 32 rings (SSSR count). The van der Waals surface area contributed by atoms with Gasteiger partial charge in [0.15, 0.2) is 0 Å². The first-order chi connectivity index (χ1) is 70.8. The van der Waals surface area contributed by atoms with Crippen molar-refractivity contribution in [2.24, 2.45) is 0 Å². The molecule has 5 aliphatic rings. The van der Waals surface area contributed by atoms with Crippen molar-refractivity contribution in [1.29, 1.82) is 0 Å². The number of furan rings is 1. The average molecular weight is 1820 g/mol. The van der Waals surface area contributed by atoms with Crippen molar-refractivity contribution in [2.45, 2.75) is 42.4 Å². The quantitative estimate of drug-likeness (QED) is 0.161. The van der Waals surface area contributed by atoms with Crippen LogP contribution < -0.4 is 14.2 Å². The third kappa shape index (κ3) is 11.6. The Bertz CT molecular complexity index is 9750.